The van der Waals surface area contributed by atoms with Crippen molar-refractivity contribution in [2.24, 2.45) is 0 Å². The van der Waals surface area contributed by atoms with Gasteiger partial charge >= 0.3 is 5.97 Å². The third kappa shape index (κ3) is 2.70. The number of hydrogen-bond donors (Lipinski definition) is 1. The lowest BCUT2D eigenvalue weighted by Gasteiger charge is -2.19. The van der Waals surface area contributed by atoms with Crippen molar-refractivity contribution in [2.75, 3.05) is 11.9 Å². The molecule has 5 heteroatoms. The highest BCUT2D eigenvalue weighted by Crippen LogP contribution is 2.24. The maximum Gasteiger partial charge on any atom is 0.341 e. The van der Waals surface area contributed by atoms with Crippen LogP contribution in [0.2, 0.25) is 0 Å². The summed E-state index contributed by atoms with van der Waals surface area (Å²) in [5.41, 5.74) is 2.21. The van der Waals surface area contributed by atoms with Crippen LogP contribution in [0.1, 0.15) is 22.8 Å². The van der Waals surface area contributed by atoms with Crippen LogP contribution >= 0.6 is 0 Å². The number of carbonyl (C=O) groups is 1. The van der Waals surface area contributed by atoms with E-state index in [1.165, 1.54) is 18.1 Å². The average molecular weight is 257 g/mol. The van der Waals surface area contributed by atoms with E-state index in [9.17, 15) is 4.79 Å². The first-order valence-corrected chi connectivity index (χ1v) is 5.99. The standard InChI is InChI=1S/C14H15N3O2/c1-3-10-4-6-11(7-5-10)17(2)13-12(14(18)19)8-15-9-16-13/h4-9H,3H2,1-2H3,(H,18,19). The van der Waals surface area contributed by atoms with Crippen LogP contribution < -0.4 is 4.90 Å². The number of aryl methyl sites for hydroxylation is 1. The van der Waals surface area contributed by atoms with Gasteiger partial charge in [0.25, 0.3) is 0 Å². The Bertz CT molecular complexity index is 581. The van der Waals surface area contributed by atoms with E-state index in [4.69, 9.17) is 5.11 Å². The molecule has 1 N–H and O–H groups in total. The van der Waals surface area contributed by atoms with Gasteiger partial charge in [0.05, 0.1) is 0 Å². The Morgan fingerprint density at radius 3 is 2.58 bits per heavy atom. The van der Waals surface area contributed by atoms with Crippen LogP contribution in [0.25, 0.3) is 0 Å². The topological polar surface area (TPSA) is 66.3 Å². The van der Waals surface area contributed by atoms with Crippen LogP contribution in [0.4, 0.5) is 11.5 Å². The number of benzene rings is 1. The second kappa shape index (κ2) is 5.48. The van der Waals surface area contributed by atoms with Crippen LogP contribution in [-0.4, -0.2) is 28.1 Å². The largest absolute Gasteiger partial charge is 0.477 e. The fourth-order valence-electron chi connectivity index (χ4n) is 1.82. The number of nitrogens with zero attached hydrogens (tertiary/aromatic N) is 3. The van der Waals surface area contributed by atoms with E-state index in [-0.39, 0.29) is 5.56 Å². The fourth-order valence-corrected chi connectivity index (χ4v) is 1.82. The lowest BCUT2D eigenvalue weighted by atomic mass is 10.1. The minimum absolute atomic E-state index is 0.0876. The highest BCUT2D eigenvalue weighted by atomic mass is 16.4. The number of anilines is 2. The van der Waals surface area contributed by atoms with E-state index in [0.29, 0.717) is 5.82 Å². The molecule has 0 spiro atoms. The zero-order valence-corrected chi connectivity index (χ0v) is 10.9. The molecule has 98 valence electrons. The molecule has 0 aliphatic carbocycles. The molecular formula is C14H15N3O2. The van der Waals surface area contributed by atoms with Crippen molar-refractivity contribution < 1.29 is 9.90 Å². The first-order chi connectivity index (χ1) is 9.13. The summed E-state index contributed by atoms with van der Waals surface area (Å²) in [6, 6.07) is 7.94. The number of aromatic carboxylic acids is 1. The molecule has 2 aromatic rings. The Morgan fingerprint density at radius 1 is 1.32 bits per heavy atom. The van der Waals surface area contributed by atoms with Crippen molar-refractivity contribution >= 4 is 17.5 Å². The Morgan fingerprint density at radius 2 is 2.00 bits per heavy atom. The van der Waals surface area contributed by atoms with Crippen LogP contribution in [-0.2, 0) is 6.42 Å². The molecule has 0 bridgehead atoms. The zero-order chi connectivity index (χ0) is 13.8. The molecule has 1 aromatic heterocycles. The van der Waals surface area contributed by atoms with E-state index >= 15 is 0 Å². The molecule has 0 amide bonds. The van der Waals surface area contributed by atoms with Crippen molar-refractivity contribution in [3.05, 3.63) is 47.9 Å². The Kier molecular flexibility index (Phi) is 3.75. The summed E-state index contributed by atoms with van der Waals surface area (Å²) >= 11 is 0. The predicted octanol–water partition coefficient (Wildman–Crippen LogP) is 2.51. The van der Waals surface area contributed by atoms with Crippen molar-refractivity contribution in [1.82, 2.24) is 9.97 Å². The second-order valence-corrected chi connectivity index (χ2v) is 4.14. The highest BCUT2D eigenvalue weighted by molar-refractivity contribution is 5.93. The third-order valence-corrected chi connectivity index (χ3v) is 2.97. The minimum Gasteiger partial charge on any atom is -0.477 e. The molecule has 0 saturated carbocycles. The van der Waals surface area contributed by atoms with Crippen LogP contribution in [0.15, 0.2) is 36.8 Å². The molecule has 0 radical (unpaired) electrons. The van der Waals surface area contributed by atoms with Gasteiger partial charge in [-0.15, -0.1) is 0 Å². The van der Waals surface area contributed by atoms with Crippen molar-refractivity contribution in [1.29, 1.82) is 0 Å². The van der Waals surface area contributed by atoms with Crippen LogP contribution in [0.5, 0.6) is 0 Å². The first-order valence-electron chi connectivity index (χ1n) is 5.99. The predicted molar refractivity (Wildman–Crippen MR) is 72.9 cm³/mol. The second-order valence-electron chi connectivity index (χ2n) is 4.14. The van der Waals surface area contributed by atoms with Crippen molar-refractivity contribution in [3.63, 3.8) is 0 Å². The third-order valence-electron chi connectivity index (χ3n) is 2.97. The summed E-state index contributed by atoms with van der Waals surface area (Å²) in [6.45, 7) is 2.09. The van der Waals surface area contributed by atoms with Gasteiger partial charge in [-0.3, -0.25) is 0 Å². The van der Waals surface area contributed by atoms with E-state index in [2.05, 4.69) is 16.9 Å². The summed E-state index contributed by atoms with van der Waals surface area (Å²) in [4.78, 5) is 20.7. The molecule has 0 fully saturated rings. The molecule has 5 nitrogen and oxygen atoms in total. The van der Waals surface area contributed by atoms with Gasteiger partial charge in [0.2, 0.25) is 0 Å². The van der Waals surface area contributed by atoms with Gasteiger partial charge in [0.15, 0.2) is 5.82 Å². The van der Waals surface area contributed by atoms with Gasteiger partial charge in [0, 0.05) is 18.9 Å². The number of carboxylic acid groups (broad SMARTS) is 1. The van der Waals surface area contributed by atoms with Gasteiger partial charge in [-0.05, 0) is 24.1 Å². The maximum absolute atomic E-state index is 11.2. The van der Waals surface area contributed by atoms with Gasteiger partial charge in [0.1, 0.15) is 11.9 Å². The molecule has 2 rings (SSSR count). The average Bonchev–Trinajstić information content (AvgIpc) is 2.46. The van der Waals surface area contributed by atoms with E-state index < -0.39 is 5.97 Å². The number of aromatic nitrogens is 2. The lowest BCUT2D eigenvalue weighted by Crippen LogP contribution is -2.16. The van der Waals surface area contributed by atoms with Crippen molar-refractivity contribution in [2.45, 2.75) is 13.3 Å². The molecule has 0 aliphatic rings. The van der Waals surface area contributed by atoms with Gasteiger partial charge < -0.3 is 10.0 Å². The van der Waals surface area contributed by atoms with Crippen LogP contribution in [0, 0.1) is 0 Å². The molecule has 0 atom stereocenters. The van der Waals surface area contributed by atoms with E-state index in [1.54, 1.807) is 11.9 Å². The number of rotatable bonds is 4. The molecule has 0 unspecified atom stereocenters. The smallest absolute Gasteiger partial charge is 0.341 e. The normalized spacial score (nSPS) is 10.2. The summed E-state index contributed by atoms with van der Waals surface area (Å²) in [6.07, 6.45) is 3.62. The lowest BCUT2D eigenvalue weighted by molar-refractivity contribution is 0.0697. The van der Waals surface area contributed by atoms with Crippen LogP contribution in [0.3, 0.4) is 0 Å². The molecule has 19 heavy (non-hydrogen) atoms. The molecule has 1 aromatic carbocycles. The first kappa shape index (κ1) is 13.0. The Balaban J connectivity index is 2.37. The van der Waals surface area contributed by atoms with Gasteiger partial charge in [-0.2, -0.15) is 0 Å². The number of hydrogen-bond acceptors (Lipinski definition) is 4. The van der Waals surface area contributed by atoms with E-state index in [1.807, 2.05) is 24.3 Å². The Hall–Kier alpha value is -2.43. The highest BCUT2D eigenvalue weighted by Gasteiger charge is 2.16. The monoisotopic (exact) mass is 257 g/mol. The zero-order valence-electron chi connectivity index (χ0n) is 10.9. The summed E-state index contributed by atoms with van der Waals surface area (Å²) < 4.78 is 0. The summed E-state index contributed by atoms with van der Waals surface area (Å²) in [5, 5.41) is 9.14. The fraction of sp³-hybridized carbons (Fsp3) is 0.214. The SMILES string of the molecule is CCc1ccc(N(C)c2ncncc2C(=O)O)cc1. The molecule has 0 aliphatic heterocycles. The molecular weight excluding hydrogens is 242 g/mol. The van der Waals surface area contributed by atoms with Crippen molar-refractivity contribution in [3.8, 4) is 0 Å². The Labute approximate surface area is 111 Å². The minimum atomic E-state index is -1.03. The molecule has 1 heterocycles. The summed E-state index contributed by atoms with van der Waals surface area (Å²) in [5.74, 6) is -0.653. The summed E-state index contributed by atoms with van der Waals surface area (Å²) in [7, 11) is 1.79. The van der Waals surface area contributed by atoms with Gasteiger partial charge in [-0.1, -0.05) is 19.1 Å². The van der Waals surface area contributed by atoms with Gasteiger partial charge in [-0.25, -0.2) is 14.8 Å². The number of carboxylic acids is 1. The van der Waals surface area contributed by atoms with E-state index in [0.717, 1.165) is 12.1 Å². The maximum atomic E-state index is 11.2. The quantitative estimate of drug-likeness (QED) is 0.911. The molecule has 0 saturated heterocycles.